The Labute approximate surface area is 139 Å². The molecule has 1 aromatic heterocycles. The van der Waals surface area contributed by atoms with E-state index in [1.54, 1.807) is 26.2 Å². The fraction of sp³-hybridized carbons (Fsp3) is 0.400. The summed E-state index contributed by atoms with van der Waals surface area (Å²) in [5.41, 5.74) is 0.633. The maximum atomic E-state index is 12.3. The average molecular weight is 335 g/mol. The van der Waals surface area contributed by atoms with Crippen LogP contribution in [0.1, 0.15) is 26.1 Å². The Bertz CT molecular complexity index is 674. The Morgan fingerprint density at radius 1 is 1.43 bits per heavy atom. The monoisotopic (exact) mass is 335 g/mol. The molecule has 1 aromatic carbocycles. The third kappa shape index (κ3) is 4.16. The number of aryl methyl sites for hydroxylation is 1. The molecule has 0 aliphatic rings. The zero-order chi connectivity index (χ0) is 16.8. The van der Waals surface area contributed by atoms with Crippen molar-refractivity contribution in [3.8, 4) is 5.75 Å². The van der Waals surface area contributed by atoms with Crippen molar-refractivity contribution in [2.75, 3.05) is 18.3 Å². The minimum absolute atomic E-state index is 0.153. The average Bonchev–Trinajstić information content (AvgIpc) is 2.89. The predicted molar refractivity (Wildman–Crippen MR) is 91.1 cm³/mol. The first kappa shape index (κ1) is 17.1. The largest absolute Gasteiger partial charge is 0.495 e. The molecule has 0 bridgehead atoms. The maximum Gasteiger partial charge on any atom is 0.237 e. The lowest BCUT2D eigenvalue weighted by molar-refractivity contribution is -0.115. The van der Waals surface area contributed by atoms with Crippen LogP contribution in [0.3, 0.4) is 0 Å². The number of hydrogen-bond donors (Lipinski definition) is 2. The van der Waals surface area contributed by atoms with Crippen molar-refractivity contribution in [3.63, 3.8) is 0 Å². The lowest BCUT2D eigenvalue weighted by atomic mass is 10.3. The Balaban J connectivity index is 2.03. The van der Waals surface area contributed by atoms with Crippen LogP contribution in [0.2, 0.25) is 0 Å². The predicted octanol–water partition coefficient (Wildman–Crippen LogP) is 2.07. The highest BCUT2D eigenvalue weighted by atomic mass is 32.2. The van der Waals surface area contributed by atoms with Gasteiger partial charge >= 0.3 is 0 Å². The van der Waals surface area contributed by atoms with Gasteiger partial charge in [0, 0.05) is 6.42 Å². The van der Waals surface area contributed by atoms with Gasteiger partial charge in [0.15, 0.2) is 5.82 Å². The standard InChI is InChI=1S/C15H21N5O2S/c1-4-7-13-18-19-15(20(13)16)23-10(2)14(21)17-11-8-5-6-9-12(11)22-3/h5-6,8-10H,4,7,16H2,1-3H3,(H,17,21)/t10-/m0/s1. The van der Waals surface area contributed by atoms with Crippen LogP contribution in [-0.4, -0.2) is 33.1 Å². The van der Waals surface area contributed by atoms with Gasteiger partial charge in [0.1, 0.15) is 5.75 Å². The summed E-state index contributed by atoms with van der Waals surface area (Å²) in [6.45, 7) is 3.84. The van der Waals surface area contributed by atoms with Crippen molar-refractivity contribution in [2.24, 2.45) is 0 Å². The molecule has 0 spiro atoms. The Morgan fingerprint density at radius 2 is 2.17 bits per heavy atom. The van der Waals surface area contributed by atoms with Gasteiger partial charge in [-0.2, -0.15) is 0 Å². The van der Waals surface area contributed by atoms with Crippen molar-refractivity contribution in [2.45, 2.75) is 37.1 Å². The number of amides is 1. The fourth-order valence-corrected chi connectivity index (χ4v) is 2.76. The Morgan fingerprint density at radius 3 is 2.87 bits per heavy atom. The van der Waals surface area contributed by atoms with Crippen LogP contribution in [0.5, 0.6) is 5.75 Å². The number of nitrogens with zero attached hydrogens (tertiary/aromatic N) is 3. The molecule has 3 N–H and O–H groups in total. The lowest BCUT2D eigenvalue weighted by Crippen LogP contribution is -2.24. The van der Waals surface area contributed by atoms with Crippen LogP contribution in [0, 0.1) is 0 Å². The highest BCUT2D eigenvalue weighted by Crippen LogP contribution is 2.26. The van der Waals surface area contributed by atoms with Crippen LogP contribution in [0.4, 0.5) is 5.69 Å². The molecule has 0 fully saturated rings. The molecule has 8 heteroatoms. The first-order valence-electron chi connectivity index (χ1n) is 7.36. The molecule has 0 unspecified atom stereocenters. The summed E-state index contributed by atoms with van der Waals surface area (Å²) in [7, 11) is 1.56. The summed E-state index contributed by atoms with van der Waals surface area (Å²) in [5, 5.41) is 11.1. The molecule has 1 amide bonds. The van der Waals surface area contributed by atoms with Crippen LogP contribution in [0.25, 0.3) is 0 Å². The highest BCUT2D eigenvalue weighted by Gasteiger charge is 2.20. The van der Waals surface area contributed by atoms with Crippen LogP contribution < -0.4 is 15.9 Å². The van der Waals surface area contributed by atoms with E-state index in [9.17, 15) is 4.79 Å². The number of nitrogens with one attached hydrogen (secondary N) is 1. The number of nitrogens with two attached hydrogens (primary N) is 1. The van der Waals surface area contributed by atoms with Crippen molar-refractivity contribution in [1.82, 2.24) is 14.9 Å². The molecule has 23 heavy (non-hydrogen) atoms. The number of aromatic nitrogens is 3. The van der Waals surface area contributed by atoms with Gasteiger partial charge in [-0.15, -0.1) is 10.2 Å². The third-order valence-electron chi connectivity index (χ3n) is 3.23. The molecule has 0 saturated carbocycles. The van der Waals surface area contributed by atoms with E-state index in [4.69, 9.17) is 10.6 Å². The molecule has 7 nitrogen and oxygen atoms in total. The Kier molecular flexibility index (Phi) is 5.86. The number of para-hydroxylation sites is 2. The van der Waals surface area contributed by atoms with Crippen molar-refractivity contribution >= 4 is 23.4 Å². The van der Waals surface area contributed by atoms with Crippen molar-refractivity contribution in [1.29, 1.82) is 0 Å². The molecule has 0 aliphatic heterocycles. The van der Waals surface area contributed by atoms with Crippen LogP contribution in [0.15, 0.2) is 29.4 Å². The first-order valence-corrected chi connectivity index (χ1v) is 8.24. The second-order valence-electron chi connectivity index (χ2n) is 4.97. The fourth-order valence-electron chi connectivity index (χ4n) is 1.98. The molecule has 0 radical (unpaired) electrons. The molecule has 1 atom stereocenters. The van der Waals surface area contributed by atoms with E-state index in [1.807, 2.05) is 19.1 Å². The zero-order valence-electron chi connectivity index (χ0n) is 13.4. The van der Waals surface area contributed by atoms with E-state index in [1.165, 1.54) is 16.4 Å². The molecular weight excluding hydrogens is 314 g/mol. The highest BCUT2D eigenvalue weighted by molar-refractivity contribution is 8.00. The molecule has 0 saturated heterocycles. The summed E-state index contributed by atoms with van der Waals surface area (Å²) in [6, 6.07) is 7.27. The van der Waals surface area contributed by atoms with E-state index < -0.39 is 0 Å². The number of nitrogen functional groups attached to an aromatic ring is 1. The number of carbonyl (C=O) groups excluding carboxylic acids is 1. The number of rotatable bonds is 7. The van der Waals surface area contributed by atoms with Crippen LogP contribution >= 0.6 is 11.8 Å². The number of ether oxygens (including phenoxy) is 1. The van der Waals surface area contributed by atoms with Gasteiger partial charge < -0.3 is 15.9 Å². The number of methoxy groups -OCH3 is 1. The van der Waals surface area contributed by atoms with Crippen LogP contribution in [-0.2, 0) is 11.2 Å². The summed E-state index contributed by atoms with van der Waals surface area (Å²) < 4.78 is 6.67. The minimum Gasteiger partial charge on any atom is -0.495 e. The topological polar surface area (TPSA) is 95.1 Å². The maximum absolute atomic E-state index is 12.3. The second kappa shape index (κ2) is 7.87. The molecule has 2 aromatic rings. The second-order valence-corrected chi connectivity index (χ2v) is 6.28. The van der Waals surface area contributed by atoms with Crippen molar-refractivity contribution < 1.29 is 9.53 Å². The van der Waals surface area contributed by atoms with E-state index in [2.05, 4.69) is 15.5 Å². The number of benzene rings is 1. The number of carbonyl (C=O) groups is 1. The third-order valence-corrected chi connectivity index (χ3v) is 4.28. The van der Waals surface area contributed by atoms with Gasteiger partial charge in [0.05, 0.1) is 18.0 Å². The van der Waals surface area contributed by atoms with Gasteiger partial charge in [-0.3, -0.25) is 4.79 Å². The van der Waals surface area contributed by atoms with E-state index >= 15 is 0 Å². The van der Waals surface area contributed by atoms with Gasteiger partial charge in [0.2, 0.25) is 11.1 Å². The smallest absolute Gasteiger partial charge is 0.237 e. The molecular formula is C15H21N5O2S. The minimum atomic E-state index is -0.374. The summed E-state index contributed by atoms with van der Waals surface area (Å²) >= 11 is 1.27. The summed E-state index contributed by atoms with van der Waals surface area (Å²) in [4.78, 5) is 12.3. The summed E-state index contributed by atoms with van der Waals surface area (Å²) in [5.74, 6) is 7.13. The quantitative estimate of drug-likeness (QED) is 0.594. The number of thioether (sulfide) groups is 1. The molecule has 1 heterocycles. The van der Waals surface area contributed by atoms with E-state index in [0.717, 1.165) is 12.8 Å². The number of hydrogen-bond acceptors (Lipinski definition) is 6. The van der Waals surface area contributed by atoms with E-state index in [-0.39, 0.29) is 11.2 Å². The van der Waals surface area contributed by atoms with Gasteiger partial charge in [-0.1, -0.05) is 30.8 Å². The zero-order valence-corrected chi connectivity index (χ0v) is 14.3. The SMILES string of the molecule is CCCc1nnc(S[C@@H](C)C(=O)Nc2ccccc2OC)n1N. The molecule has 124 valence electrons. The van der Waals surface area contributed by atoms with Gasteiger partial charge in [-0.25, -0.2) is 4.68 Å². The lowest BCUT2D eigenvalue weighted by Gasteiger charge is -2.13. The summed E-state index contributed by atoms with van der Waals surface area (Å²) in [6.07, 6.45) is 1.69. The Hall–Kier alpha value is -2.22. The molecule has 0 aliphatic carbocycles. The normalized spacial score (nSPS) is 12.0. The van der Waals surface area contributed by atoms with E-state index in [0.29, 0.717) is 22.4 Å². The van der Waals surface area contributed by atoms with Gasteiger partial charge in [0.25, 0.3) is 0 Å². The number of anilines is 1. The van der Waals surface area contributed by atoms with Crippen molar-refractivity contribution in [3.05, 3.63) is 30.1 Å². The molecule has 2 rings (SSSR count). The first-order chi connectivity index (χ1) is 11.1. The van der Waals surface area contributed by atoms with Gasteiger partial charge in [-0.05, 0) is 25.5 Å².